The summed E-state index contributed by atoms with van der Waals surface area (Å²) in [4.78, 5) is 13.5. The minimum absolute atomic E-state index is 0.0278. The van der Waals surface area contributed by atoms with Crippen molar-refractivity contribution in [2.45, 2.75) is 0 Å². The smallest absolute Gasteiger partial charge is 0.335 e. The van der Waals surface area contributed by atoms with Crippen LogP contribution in [0.2, 0.25) is 0 Å². The molecule has 1 N–H and O–H groups in total. The lowest BCUT2D eigenvalue weighted by Gasteiger charge is -1.82. The summed E-state index contributed by atoms with van der Waals surface area (Å²) in [6.45, 7) is 6.36. The Balaban J connectivity index is 0.000000223. The molecular weight excluding hydrogens is 166 g/mol. The van der Waals surface area contributed by atoms with Crippen LogP contribution in [0.5, 0.6) is 0 Å². The van der Waals surface area contributed by atoms with Crippen molar-refractivity contribution in [3.63, 3.8) is 0 Å². The number of aromatic nitrogens is 1. The maximum atomic E-state index is 9.76. The third-order valence-electron chi connectivity index (χ3n) is 1.09. The molecule has 3 nitrogen and oxygen atoms in total. The zero-order valence-electron chi connectivity index (χ0n) is 7.18. The van der Waals surface area contributed by atoms with Gasteiger partial charge in [0.15, 0.2) is 0 Å². The first-order chi connectivity index (χ1) is 6.18. The molecule has 0 saturated carbocycles. The molecule has 0 amide bonds. The summed E-state index contributed by atoms with van der Waals surface area (Å²) < 4.78 is 0. The summed E-state index contributed by atoms with van der Waals surface area (Å²) in [6.07, 6.45) is 4.70. The van der Waals surface area contributed by atoms with Gasteiger partial charge < -0.3 is 5.11 Å². The first-order valence-corrected chi connectivity index (χ1v) is 3.58. The van der Waals surface area contributed by atoms with Gasteiger partial charge >= 0.3 is 5.97 Å². The highest BCUT2D eigenvalue weighted by atomic mass is 16.4. The Hall–Kier alpha value is -1.90. The SMILES string of the molecule is C=CC(=C)C(=O)O.c1ccncc1. The normalized spacial score (nSPS) is 7.69. The molecule has 0 spiro atoms. The van der Waals surface area contributed by atoms with Crippen LogP contribution in [0.1, 0.15) is 0 Å². The van der Waals surface area contributed by atoms with E-state index in [2.05, 4.69) is 18.1 Å². The van der Waals surface area contributed by atoms with E-state index in [1.54, 1.807) is 12.4 Å². The van der Waals surface area contributed by atoms with Gasteiger partial charge in [0.1, 0.15) is 0 Å². The van der Waals surface area contributed by atoms with Crippen LogP contribution in [-0.4, -0.2) is 16.1 Å². The highest BCUT2D eigenvalue weighted by Crippen LogP contribution is 1.86. The zero-order chi connectivity index (χ0) is 10.1. The number of rotatable bonds is 2. The van der Waals surface area contributed by atoms with Crippen LogP contribution in [0.3, 0.4) is 0 Å². The largest absolute Gasteiger partial charge is 0.478 e. The summed E-state index contributed by atoms with van der Waals surface area (Å²) >= 11 is 0. The number of carboxylic acids is 1. The van der Waals surface area contributed by atoms with Crippen LogP contribution in [0.15, 0.2) is 55.4 Å². The minimum Gasteiger partial charge on any atom is -0.478 e. The lowest BCUT2D eigenvalue weighted by Crippen LogP contribution is -1.93. The second-order valence-corrected chi connectivity index (χ2v) is 2.06. The number of hydrogen-bond acceptors (Lipinski definition) is 2. The number of nitrogens with zero attached hydrogens (tertiary/aromatic N) is 1. The van der Waals surface area contributed by atoms with Crippen LogP contribution >= 0.6 is 0 Å². The Kier molecular flexibility index (Phi) is 5.80. The van der Waals surface area contributed by atoms with Gasteiger partial charge in [-0.3, -0.25) is 4.98 Å². The Morgan fingerprint density at radius 2 is 1.85 bits per heavy atom. The molecule has 0 fully saturated rings. The fourth-order valence-corrected chi connectivity index (χ4v) is 0.400. The molecular formula is C10H11NO2. The number of carboxylic acid groups (broad SMARTS) is 1. The molecule has 0 aliphatic rings. The molecule has 0 aromatic carbocycles. The van der Waals surface area contributed by atoms with Crippen LogP contribution in [0, 0.1) is 0 Å². The molecule has 3 heteroatoms. The fourth-order valence-electron chi connectivity index (χ4n) is 0.400. The van der Waals surface area contributed by atoms with Crippen molar-refractivity contribution in [1.82, 2.24) is 4.98 Å². The number of aliphatic carboxylic acids is 1. The summed E-state index contributed by atoms with van der Waals surface area (Å²) in [7, 11) is 0. The van der Waals surface area contributed by atoms with Crippen molar-refractivity contribution < 1.29 is 9.90 Å². The molecule has 0 aliphatic heterocycles. The Labute approximate surface area is 77.1 Å². The van der Waals surface area contributed by atoms with Crippen molar-refractivity contribution in [1.29, 1.82) is 0 Å². The van der Waals surface area contributed by atoms with E-state index >= 15 is 0 Å². The Bertz CT molecular complexity index is 254. The van der Waals surface area contributed by atoms with Gasteiger partial charge in [0.05, 0.1) is 5.57 Å². The highest BCUT2D eigenvalue weighted by Gasteiger charge is 1.93. The Morgan fingerprint density at radius 1 is 1.31 bits per heavy atom. The highest BCUT2D eigenvalue weighted by molar-refractivity contribution is 5.88. The number of carbonyl (C=O) groups is 1. The van der Waals surface area contributed by atoms with Gasteiger partial charge in [0, 0.05) is 12.4 Å². The third-order valence-corrected chi connectivity index (χ3v) is 1.09. The standard InChI is InChI=1S/C5H5N.C5H6O2/c1-2-4-6-5-3-1;1-3-4(2)5(6)7/h1-5H;3H,1-2H2,(H,6,7). The molecule has 0 bridgehead atoms. The van der Waals surface area contributed by atoms with E-state index in [1.165, 1.54) is 6.08 Å². The molecule has 0 radical (unpaired) electrons. The summed E-state index contributed by atoms with van der Waals surface area (Å²) in [6, 6.07) is 5.72. The minimum atomic E-state index is -1.02. The van der Waals surface area contributed by atoms with Crippen molar-refractivity contribution in [3.05, 3.63) is 55.4 Å². The van der Waals surface area contributed by atoms with Gasteiger partial charge in [-0.25, -0.2) is 4.79 Å². The van der Waals surface area contributed by atoms with E-state index in [4.69, 9.17) is 5.11 Å². The molecule has 13 heavy (non-hydrogen) atoms. The first kappa shape index (κ1) is 11.1. The number of pyridine rings is 1. The van der Waals surface area contributed by atoms with Gasteiger partial charge in [-0.2, -0.15) is 0 Å². The number of hydrogen-bond donors (Lipinski definition) is 1. The van der Waals surface area contributed by atoms with Gasteiger partial charge in [0.2, 0.25) is 0 Å². The van der Waals surface area contributed by atoms with E-state index in [0.29, 0.717) is 0 Å². The van der Waals surface area contributed by atoms with E-state index in [1.807, 2.05) is 18.2 Å². The second-order valence-electron chi connectivity index (χ2n) is 2.06. The predicted molar refractivity (Wildman–Crippen MR) is 51.2 cm³/mol. The molecule has 1 rings (SSSR count). The van der Waals surface area contributed by atoms with Gasteiger partial charge in [-0.15, -0.1) is 0 Å². The lowest BCUT2D eigenvalue weighted by atomic mass is 10.3. The van der Waals surface area contributed by atoms with Crippen LogP contribution in [-0.2, 0) is 4.79 Å². The van der Waals surface area contributed by atoms with E-state index < -0.39 is 5.97 Å². The summed E-state index contributed by atoms with van der Waals surface area (Å²) in [5, 5.41) is 8.01. The fraction of sp³-hybridized carbons (Fsp3) is 0. The third kappa shape index (κ3) is 6.50. The predicted octanol–water partition coefficient (Wildman–Crippen LogP) is 1.89. The summed E-state index contributed by atoms with van der Waals surface area (Å²) in [5.41, 5.74) is 0.0278. The van der Waals surface area contributed by atoms with Crippen LogP contribution < -0.4 is 0 Å². The molecule has 0 saturated heterocycles. The molecule has 68 valence electrons. The molecule has 1 aromatic rings. The maximum absolute atomic E-state index is 9.76. The molecule has 1 heterocycles. The quantitative estimate of drug-likeness (QED) is 0.554. The Morgan fingerprint density at radius 3 is 1.92 bits per heavy atom. The van der Waals surface area contributed by atoms with Crippen molar-refractivity contribution >= 4 is 5.97 Å². The molecule has 1 aromatic heterocycles. The molecule has 0 aliphatic carbocycles. The van der Waals surface area contributed by atoms with Crippen molar-refractivity contribution in [2.75, 3.05) is 0 Å². The van der Waals surface area contributed by atoms with E-state index in [9.17, 15) is 4.79 Å². The maximum Gasteiger partial charge on any atom is 0.335 e. The van der Waals surface area contributed by atoms with Crippen molar-refractivity contribution in [3.8, 4) is 0 Å². The van der Waals surface area contributed by atoms with Gasteiger partial charge in [0.25, 0.3) is 0 Å². The van der Waals surface area contributed by atoms with Crippen LogP contribution in [0.25, 0.3) is 0 Å². The van der Waals surface area contributed by atoms with E-state index in [0.717, 1.165) is 0 Å². The topological polar surface area (TPSA) is 50.2 Å². The lowest BCUT2D eigenvalue weighted by molar-refractivity contribution is -0.132. The van der Waals surface area contributed by atoms with Gasteiger partial charge in [-0.05, 0) is 12.1 Å². The monoisotopic (exact) mass is 177 g/mol. The van der Waals surface area contributed by atoms with Crippen LogP contribution in [0.4, 0.5) is 0 Å². The zero-order valence-corrected chi connectivity index (χ0v) is 7.18. The summed E-state index contributed by atoms with van der Waals surface area (Å²) in [5.74, 6) is -1.02. The first-order valence-electron chi connectivity index (χ1n) is 3.58. The van der Waals surface area contributed by atoms with Crippen molar-refractivity contribution in [2.24, 2.45) is 0 Å². The molecule has 0 unspecified atom stereocenters. The van der Waals surface area contributed by atoms with E-state index in [-0.39, 0.29) is 5.57 Å². The van der Waals surface area contributed by atoms with Gasteiger partial charge in [-0.1, -0.05) is 25.3 Å². The average molecular weight is 177 g/mol. The second kappa shape index (κ2) is 6.79. The molecule has 0 atom stereocenters. The average Bonchev–Trinajstić information content (AvgIpc) is 2.20.